The van der Waals surface area contributed by atoms with Crippen molar-refractivity contribution in [2.45, 2.75) is 26.1 Å². The maximum absolute atomic E-state index is 11.1. The molecule has 0 aromatic rings. The van der Waals surface area contributed by atoms with Crippen LogP contribution >= 0.6 is 0 Å². The van der Waals surface area contributed by atoms with Crippen molar-refractivity contribution in [1.82, 2.24) is 0 Å². The lowest BCUT2D eigenvalue weighted by molar-refractivity contribution is -0.122. The van der Waals surface area contributed by atoms with Crippen LogP contribution in [0.2, 0.25) is 0 Å². The van der Waals surface area contributed by atoms with Crippen LogP contribution in [0.1, 0.15) is 13.8 Å². The van der Waals surface area contributed by atoms with Crippen molar-refractivity contribution in [2.75, 3.05) is 0 Å². The summed E-state index contributed by atoms with van der Waals surface area (Å²) in [5.74, 6) is 0.752. The molecule has 2 heteroatoms. The summed E-state index contributed by atoms with van der Waals surface area (Å²) >= 11 is 0. The Bertz CT molecular complexity index is 220. The van der Waals surface area contributed by atoms with Crippen LogP contribution in [-0.4, -0.2) is 18.0 Å². The molecule has 0 spiro atoms. The SMILES string of the molecule is CC(=O)C1C(C)[C@H]2C=C[C@@H]1O2. The van der Waals surface area contributed by atoms with Crippen LogP contribution in [0.3, 0.4) is 0 Å². The highest BCUT2D eigenvalue weighted by atomic mass is 16.5. The second kappa shape index (κ2) is 2.18. The van der Waals surface area contributed by atoms with Crippen LogP contribution in [0.4, 0.5) is 0 Å². The number of carbonyl (C=O) groups is 1. The largest absolute Gasteiger partial charge is 0.366 e. The van der Waals surface area contributed by atoms with Gasteiger partial charge in [0.1, 0.15) is 5.78 Å². The predicted octanol–water partition coefficient (Wildman–Crippen LogP) is 1.16. The number of ether oxygens (including phenoxy) is 1. The lowest BCUT2D eigenvalue weighted by Crippen LogP contribution is -2.27. The number of fused-ring (bicyclic) bond motifs is 2. The molecule has 2 bridgehead atoms. The summed E-state index contributed by atoms with van der Waals surface area (Å²) in [5.41, 5.74) is 0. The first-order chi connectivity index (χ1) is 5.20. The molecule has 0 N–H and O–H groups in total. The van der Waals surface area contributed by atoms with Gasteiger partial charge in [0, 0.05) is 0 Å². The fourth-order valence-electron chi connectivity index (χ4n) is 2.10. The van der Waals surface area contributed by atoms with Gasteiger partial charge in [0.2, 0.25) is 0 Å². The van der Waals surface area contributed by atoms with Crippen LogP contribution in [-0.2, 0) is 9.53 Å². The van der Waals surface area contributed by atoms with Gasteiger partial charge in [-0.1, -0.05) is 19.1 Å². The van der Waals surface area contributed by atoms with Crippen LogP contribution in [0.15, 0.2) is 12.2 Å². The molecule has 0 saturated carbocycles. The summed E-state index contributed by atoms with van der Waals surface area (Å²) in [7, 11) is 0. The third kappa shape index (κ3) is 0.857. The van der Waals surface area contributed by atoms with Crippen molar-refractivity contribution >= 4 is 5.78 Å². The maximum atomic E-state index is 11.1. The molecular formula is C9H12O2. The molecule has 4 atom stereocenters. The number of ketones is 1. The molecule has 1 saturated heterocycles. The van der Waals surface area contributed by atoms with E-state index in [-0.39, 0.29) is 23.9 Å². The predicted molar refractivity (Wildman–Crippen MR) is 41.1 cm³/mol. The minimum Gasteiger partial charge on any atom is -0.366 e. The van der Waals surface area contributed by atoms with Gasteiger partial charge in [-0.3, -0.25) is 4.79 Å². The van der Waals surface area contributed by atoms with Crippen molar-refractivity contribution < 1.29 is 9.53 Å². The molecule has 0 radical (unpaired) electrons. The Morgan fingerprint density at radius 3 is 2.36 bits per heavy atom. The van der Waals surface area contributed by atoms with Gasteiger partial charge in [0.05, 0.1) is 18.1 Å². The van der Waals surface area contributed by atoms with Gasteiger partial charge in [-0.15, -0.1) is 0 Å². The molecule has 2 aliphatic heterocycles. The van der Waals surface area contributed by atoms with E-state index in [1.54, 1.807) is 6.92 Å². The molecule has 0 aromatic carbocycles. The van der Waals surface area contributed by atoms with Gasteiger partial charge in [0.15, 0.2) is 0 Å². The van der Waals surface area contributed by atoms with E-state index in [9.17, 15) is 4.79 Å². The second-order valence-electron chi connectivity index (χ2n) is 3.45. The Morgan fingerprint density at radius 1 is 1.36 bits per heavy atom. The number of rotatable bonds is 1. The van der Waals surface area contributed by atoms with Crippen LogP contribution in [0, 0.1) is 11.8 Å². The van der Waals surface area contributed by atoms with Crippen molar-refractivity contribution in [2.24, 2.45) is 11.8 Å². The molecule has 2 heterocycles. The summed E-state index contributed by atoms with van der Waals surface area (Å²) in [6, 6.07) is 0. The lowest BCUT2D eigenvalue weighted by atomic mass is 9.82. The van der Waals surface area contributed by atoms with Crippen LogP contribution in [0.5, 0.6) is 0 Å². The van der Waals surface area contributed by atoms with Crippen molar-refractivity contribution in [3.63, 3.8) is 0 Å². The van der Waals surface area contributed by atoms with Crippen molar-refractivity contribution in [1.29, 1.82) is 0 Å². The highest BCUT2D eigenvalue weighted by Crippen LogP contribution is 2.38. The normalized spacial score (nSPS) is 46.7. The highest BCUT2D eigenvalue weighted by molar-refractivity contribution is 5.80. The minimum atomic E-state index is 0.0764. The van der Waals surface area contributed by atoms with Crippen molar-refractivity contribution in [3.05, 3.63) is 12.2 Å². The molecule has 2 aliphatic rings. The van der Waals surface area contributed by atoms with Crippen molar-refractivity contribution in [3.8, 4) is 0 Å². The van der Waals surface area contributed by atoms with E-state index in [4.69, 9.17) is 4.74 Å². The molecule has 2 nitrogen and oxygen atoms in total. The van der Waals surface area contributed by atoms with E-state index in [0.29, 0.717) is 5.92 Å². The molecule has 60 valence electrons. The summed E-state index contributed by atoms with van der Waals surface area (Å²) in [6.07, 6.45) is 4.35. The molecule has 2 unspecified atom stereocenters. The Morgan fingerprint density at radius 2 is 2.00 bits per heavy atom. The zero-order chi connectivity index (χ0) is 8.01. The molecule has 0 aliphatic carbocycles. The van der Waals surface area contributed by atoms with Gasteiger partial charge in [0.25, 0.3) is 0 Å². The molecular weight excluding hydrogens is 140 g/mol. The fraction of sp³-hybridized carbons (Fsp3) is 0.667. The summed E-state index contributed by atoms with van der Waals surface area (Å²) in [4.78, 5) is 11.1. The minimum absolute atomic E-state index is 0.0764. The zero-order valence-corrected chi connectivity index (χ0v) is 6.78. The number of carbonyl (C=O) groups excluding carboxylic acids is 1. The number of hydrogen-bond donors (Lipinski definition) is 0. The Balaban J connectivity index is 2.25. The average Bonchev–Trinajstić information content (AvgIpc) is 2.44. The number of hydrogen-bond acceptors (Lipinski definition) is 2. The highest BCUT2D eigenvalue weighted by Gasteiger charge is 2.45. The monoisotopic (exact) mass is 152 g/mol. The van der Waals surface area contributed by atoms with E-state index in [1.807, 2.05) is 6.08 Å². The third-order valence-corrected chi connectivity index (χ3v) is 2.71. The van der Waals surface area contributed by atoms with Gasteiger partial charge in [-0.2, -0.15) is 0 Å². The molecule has 11 heavy (non-hydrogen) atoms. The third-order valence-electron chi connectivity index (χ3n) is 2.71. The van der Waals surface area contributed by atoms with E-state index < -0.39 is 0 Å². The van der Waals surface area contributed by atoms with Gasteiger partial charge < -0.3 is 4.74 Å². The van der Waals surface area contributed by atoms with E-state index in [1.165, 1.54) is 0 Å². The van der Waals surface area contributed by atoms with Crippen LogP contribution in [0.25, 0.3) is 0 Å². The summed E-state index contributed by atoms with van der Waals surface area (Å²) in [5, 5.41) is 0. The average molecular weight is 152 g/mol. The first kappa shape index (κ1) is 7.04. The second-order valence-corrected chi connectivity index (χ2v) is 3.45. The Labute approximate surface area is 66.2 Å². The molecule has 2 rings (SSSR count). The molecule has 0 aromatic heterocycles. The standard InChI is InChI=1S/C9H12O2/c1-5-7-3-4-8(11-7)9(5)6(2)10/h3-5,7-9H,1-2H3/t5?,7-,8+,9?/m1/s1. The van der Waals surface area contributed by atoms with Crippen LogP contribution < -0.4 is 0 Å². The van der Waals surface area contributed by atoms with Gasteiger partial charge >= 0.3 is 0 Å². The molecule has 0 amide bonds. The quantitative estimate of drug-likeness (QED) is 0.527. The van der Waals surface area contributed by atoms with E-state index >= 15 is 0 Å². The van der Waals surface area contributed by atoms with Gasteiger partial charge in [-0.25, -0.2) is 0 Å². The maximum Gasteiger partial charge on any atom is 0.136 e. The smallest absolute Gasteiger partial charge is 0.136 e. The summed E-state index contributed by atoms with van der Waals surface area (Å²) < 4.78 is 5.53. The number of Topliss-reactive ketones (excluding diaryl/α,β-unsaturated/α-hetero) is 1. The van der Waals surface area contributed by atoms with E-state index in [2.05, 4.69) is 13.0 Å². The van der Waals surface area contributed by atoms with E-state index in [0.717, 1.165) is 0 Å². The zero-order valence-electron chi connectivity index (χ0n) is 6.78. The van der Waals surface area contributed by atoms with Gasteiger partial charge in [-0.05, 0) is 12.8 Å². The summed E-state index contributed by atoms with van der Waals surface area (Å²) in [6.45, 7) is 3.74. The first-order valence-corrected chi connectivity index (χ1v) is 4.04. The fourth-order valence-corrected chi connectivity index (χ4v) is 2.10. The Hall–Kier alpha value is -0.630. The topological polar surface area (TPSA) is 26.3 Å². The Kier molecular flexibility index (Phi) is 1.39. The lowest BCUT2D eigenvalue weighted by Gasteiger charge is -2.17. The molecule has 1 fully saturated rings. The first-order valence-electron chi connectivity index (χ1n) is 4.04.